The average molecular weight is 466 g/mol. The van der Waals surface area contributed by atoms with E-state index in [9.17, 15) is 13.2 Å². The smallest absolute Gasteiger partial charge is 0.262 e. The molecule has 1 fully saturated rings. The summed E-state index contributed by atoms with van der Waals surface area (Å²) in [6.07, 6.45) is 2.90. The SMILES string of the molecule is CCCN1CCC(NC(=O)c2cccc(S(=O)(=O)Nc3cc(Cl)ccc3OC)c2)CC1. The molecule has 0 saturated carbocycles. The van der Waals surface area contributed by atoms with Crippen LogP contribution in [0.1, 0.15) is 36.5 Å². The first-order chi connectivity index (χ1) is 14.8. The minimum atomic E-state index is -3.94. The number of methoxy groups -OCH3 is 1. The van der Waals surface area contributed by atoms with Gasteiger partial charge in [0.05, 0.1) is 17.7 Å². The number of sulfonamides is 1. The summed E-state index contributed by atoms with van der Waals surface area (Å²) in [6.45, 7) is 5.15. The maximum atomic E-state index is 12.9. The number of carbonyl (C=O) groups is 1. The van der Waals surface area contributed by atoms with E-state index in [-0.39, 0.29) is 22.5 Å². The molecule has 0 radical (unpaired) electrons. The Morgan fingerprint density at radius 1 is 1.19 bits per heavy atom. The third kappa shape index (κ3) is 6.12. The van der Waals surface area contributed by atoms with Gasteiger partial charge in [0.1, 0.15) is 5.75 Å². The highest BCUT2D eigenvalue weighted by molar-refractivity contribution is 7.92. The van der Waals surface area contributed by atoms with Crippen molar-refractivity contribution in [1.82, 2.24) is 10.2 Å². The van der Waals surface area contributed by atoms with E-state index >= 15 is 0 Å². The molecule has 1 aliphatic rings. The van der Waals surface area contributed by atoms with Crippen LogP contribution in [-0.2, 0) is 10.0 Å². The second-order valence-electron chi connectivity index (χ2n) is 7.57. The molecule has 1 heterocycles. The van der Waals surface area contributed by atoms with Crippen molar-refractivity contribution in [2.45, 2.75) is 37.1 Å². The Labute approximate surface area is 188 Å². The number of nitrogens with one attached hydrogen (secondary N) is 2. The van der Waals surface area contributed by atoms with Crippen LogP contribution in [0.3, 0.4) is 0 Å². The van der Waals surface area contributed by atoms with Crippen molar-refractivity contribution in [3.05, 3.63) is 53.1 Å². The summed E-state index contributed by atoms with van der Waals surface area (Å²) in [5.74, 6) is 0.0719. The van der Waals surface area contributed by atoms with Crippen LogP contribution in [-0.4, -0.2) is 52.0 Å². The molecule has 9 heteroatoms. The predicted octanol–water partition coefficient (Wildman–Crippen LogP) is 3.75. The molecule has 0 bridgehead atoms. The number of benzene rings is 2. The molecule has 2 aromatic carbocycles. The fourth-order valence-electron chi connectivity index (χ4n) is 3.65. The van der Waals surface area contributed by atoms with Gasteiger partial charge in [-0.25, -0.2) is 8.42 Å². The van der Waals surface area contributed by atoms with Crippen molar-refractivity contribution in [1.29, 1.82) is 0 Å². The van der Waals surface area contributed by atoms with Crippen molar-refractivity contribution in [3.63, 3.8) is 0 Å². The molecule has 2 N–H and O–H groups in total. The van der Waals surface area contributed by atoms with E-state index in [0.717, 1.165) is 38.9 Å². The van der Waals surface area contributed by atoms with Crippen LogP contribution < -0.4 is 14.8 Å². The molecule has 0 spiro atoms. The van der Waals surface area contributed by atoms with Gasteiger partial charge in [0.25, 0.3) is 15.9 Å². The molecule has 31 heavy (non-hydrogen) atoms. The lowest BCUT2D eigenvalue weighted by Crippen LogP contribution is -2.44. The van der Waals surface area contributed by atoms with Crippen molar-refractivity contribution < 1.29 is 17.9 Å². The Kier molecular flexibility index (Phi) is 7.80. The summed E-state index contributed by atoms with van der Waals surface area (Å²) >= 11 is 5.99. The third-order valence-electron chi connectivity index (χ3n) is 5.28. The number of likely N-dealkylation sites (tertiary alicyclic amines) is 1. The zero-order chi connectivity index (χ0) is 22.4. The standard InChI is InChI=1S/C22H28ClN3O4S/c1-3-11-26-12-9-18(10-13-26)24-22(27)16-5-4-6-19(14-16)31(28,29)25-20-15-17(23)7-8-21(20)30-2/h4-8,14-15,18,25H,3,9-13H2,1-2H3,(H,24,27). The van der Waals surface area contributed by atoms with Crippen molar-refractivity contribution in [2.75, 3.05) is 31.5 Å². The summed E-state index contributed by atoms with van der Waals surface area (Å²) in [6, 6.07) is 10.7. The number of hydrogen-bond donors (Lipinski definition) is 2. The highest BCUT2D eigenvalue weighted by Crippen LogP contribution is 2.30. The third-order valence-corrected chi connectivity index (χ3v) is 6.87. The minimum Gasteiger partial charge on any atom is -0.495 e. The maximum Gasteiger partial charge on any atom is 0.262 e. The zero-order valence-electron chi connectivity index (χ0n) is 17.7. The van der Waals surface area contributed by atoms with E-state index in [0.29, 0.717) is 16.3 Å². The Morgan fingerprint density at radius 2 is 1.94 bits per heavy atom. The van der Waals surface area contributed by atoms with Gasteiger partial charge in [0.15, 0.2) is 0 Å². The second-order valence-corrected chi connectivity index (χ2v) is 9.69. The zero-order valence-corrected chi connectivity index (χ0v) is 19.3. The highest BCUT2D eigenvalue weighted by Gasteiger charge is 2.22. The Bertz CT molecular complexity index is 1020. The van der Waals surface area contributed by atoms with Gasteiger partial charge in [0.2, 0.25) is 0 Å². The van der Waals surface area contributed by atoms with Crippen molar-refractivity contribution >= 4 is 33.2 Å². The van der Waals surface area contributed by atoms with Gasteiger partial charge in [-0.05, 0) is 62.2 Å². The van der Waals surface area contributed by atoms with Gasteiger partial charge in [0, 0.05) is 29.7 Å². The maximum absolute atomic E-state index is 12.9. The average Bonchev–Trinajstić information content (AvgIpc) is 2.75. The minimum absolute atomic E-state index is 0.0139. The van der Waals surface area contributed by atoms with E-state index in [1.54, 1.807) is 24.3 Å². The number of amides is 1. The topological polar surface area (TPSA) is 87.7 Å². The van der Waals surface area contributed by atoms with Gasteiger partial charge in [-0.2, -0.15) is 0 Å². The lowest BCUT2D eigenvalue weighted by Gasteiger charge is -2.32. The normalized spacial score (nSPS) is 15.5. The number of piperidine rings is 1. The number of halogens is 1. The molecule has 3 rings (SSSR count). The lowest BCUT2D eigenvalue weighted by molar-refractivity contribution is 0.0911. The lowest BCUT2D eigenvalue weighted by atomic mass is 10.0. The second kappa shape index (κ2) is 10.3. The van der Waals surface area contributed by atoms with Gasteiger partial charge >= 0.3 is 0 Å². The molecular formula is C22H28ClN3O4S. The van der Waals surface area contributed by atoms with E-state index in [1.165, 1.54) is 25.3 Å². The summed E-state index contributed by atoms with van der Waals surface area (Å²) in [5, 5.41) is 3.41. The Hall–Kier alpha value is -2.29. The number of hydrogen-bond acceptors (Lipinski definition) is 5. The van der Waals surface area contributed by atoms with Crippen LogP contribution in [0, 0.1) is 0 Å². The monoisotopic (exact) mass is 465 g/mol. The van der Waals surface area contributed by atoms with E-state index in [2.05, 4.69) is 21.9 Å². The van der Waals surface area contributed by atoms with Crippen molar-refractivity contribution in [2.24, 2.45) is 0 Å². The van der Waals surface area contributed by atoms with Crippen LogP contribution in [0.15, 0.2) is 47.4 Å². The Morgan fingerprint density at radius 3 is 2.61 bits per heavy atom. The molecule has 1 aliphatic heterocycles. The number of carbonyl (C=O) groups excluding carboxylic acids is 1. The molecule has 2 aromatic rings. The summed E-state index contributed by atoms with van der Waals surface area (Å²) < 4.78 is 33.5. The number of nitrogens with zero attached hydrogens (tertiary/aromatic N) is 1. The molecule has 168 valence electrons. The van der Waals surface area contributed by atoms with Gasteiger partial charge in [-0.1, -0.05) is 24.6 Å². The van der Waals surface area contributed by atoms with Crippen LogP contribution in [0.2, 0.25) is 5.02 Å². The highest BCUT2D eigenvalue weighted by atomic mass is 35.5. The molecule has 1 amide bonds. The fraction of sp³-hybridized carbons (Fsp3) is 0.409. The van der Waals surface area contributed by atoms with Gasteiger partial charge in [-0.15, -0.1) is 0 Å². The molecule has 1 saturated heterocycles. The quantitative estimate of drug-likeness (QED) is 0.619. The van der Waals surface area contributed by atoms with E-state index < -0.39 is 10.0 Å². The van der Waals surface area contributed by atoms with Gasteiger partial charge in [-0.3, -0.25) is 9.52 Å². The first kappa shape index (κ1) is 23.4. The van der Waals surface area contributed by atoms with E-state index in [1.807, 2.05) is 0 Å². The van der Waals surface area contributed by atoms with E-state index in [4.69, 9.17) is 16.3 Å². The summed E-state index contributed by atoms with van der Waals surface area (Å²) in [7, 11) is -2.50. The van der Waals surface area contributed by atoms with Crippen molar-refractivity contribution in [3.8, 4) is 5.75 Å². The molecule has 0 aliphatic carbocycles. The van der Waals surface area contributed by atoms with Gasteiger partial charge < -0.3 is 15.0 Å². The summed E-state index contributed by atoms with van der Waals surface area (Å²) in [5.41, 5.74) is 0.528. The molecule has 0 atom stereocenters. The van der Waals surface area contributed by atoms with Crippen LogP contribution in [0.4, 0.5) is 5.69 Å². The van der Waals surface area contributed by atoms with Crippen LogP contribution in [0.5, 0.6) is 5.75 Å². The Balaban J connectivity index is 1.71. The first-order valence-electron chi connectivity index (χ1n) is 10.3. The van der Waals surface area contributed by atoms with Crippen LogP contribution in [0.25, 0.3) is 0 Å². The molecular weight excluding hydrogens is 438 g/mol. The number of rotatable bonds is 8. The molecule has 0 unspecified atom stereocenters. The number of ether oxygens (including phenoxy) is 1. The molecule has 7 nitrogen and oxygen atoms in total. The predicted molar refractivity (Wildman–Crippen MR) is 122 cm³/mol. The van der Waals surface area contributed by atoms with Crippen LogP contribution >= 0.6 is 11.6 Å². The first-order valence-corrected chi connectivity index (χ1v) is 12.2. The fourth-order valence-corrected chi connectivity index (χ4v) is 4.93. The summed E-state index contributed by atoms with van der Waals surface area (Å²) in [4.78, 5) is 15.1. The molecule has 0 aromatic heterocycles. The number of anilines is 1. The largest absolute Gasteiger partial charge is 0.495 e.